The van der Waals surface area contributed by atoms with Gasteiger partial charge in [0.25, 0.3) is 0 Å². The molecule has 254 valence electrons. The minimum Gasteiger partial charge on any atom is -0.256 e. The molecule has 0 aliphatic carbocycles. The zero-order chi connectivity index (χ0) is 36.1. The van der Waals surface area contributed by atoms with Gasteiger partial charge in [0.15, 0.2) is 0 Å². The van der Waals surface area contributed by atoms with Crippen LogP contribution in [0.15, 0.2) is 207 Å². The highest BCUT2D eigenvalue weighted by molar-refractivity contribution is 5.94. The van der Waals surface area contributed by atoms with Gasteiger partial charge >= 0.3 is 0 Å². The Bertz CT molecular complexity index is 2250. The van der Waals surface area contributed by atoms with Crippen molar-refractivity contribution in [3.05, 3.63) is 207 Å². The molecular weight excluding hydrogens is 657 g/mol. The summed E-state index contributed by atoms with van der Waals surface area (Å²) in [5.74, 6) is 0. The van der Waals surface area contributed by atoms with Gasteiger partial charge in [-0.1, -0.05) is 146 Å². The highest BCUT2D eigenvalue weighted by atomic mass is 14.7. The summed E-state index contributed by atoms with van der Waals surface area (Å²) in [6.07, 6.45) is 7.84. The quantitative estimate of drug-likeness (QED) is 0.159. The highest BCUT2D eigenvalue weighted by Crippen LogP contribution is 2.42. The van der Waals surface area contributed by atoms with Gasteiger partial charge in [-0.25, -0.2) is 0 Å². The summed E-state index contributed by atoms with van der Waals surface area (Å²) in [5, 5.41) is 0. The molecule has 0 aliphatic heterocycles. The van der Waals surface area contributed by atoms with E-state index in [0.29, 0.717) is 0 Å². The van der Waals surface area contributed by atoms with E-state index in [1.807, 2.05) is 73.3 Å². The van der Waals surface area contributed by atoms with E-state index in [9.17, 15) is 0 Å². The first kappa shape index (κ1) is 32.6. The number of rotatable bonds is 8. The molecule has 9 rings (SSSR count). The molecule has 0 fully saturated rings. The normalized spacial score (nSPS) is 11.0. The van der Waals surface area contributed by atoms with Gasteiger partial charge < -0.3 is 0 Å². The van der Waals surface area contributed by atoms with E-state index < -0.39 is 0 Å². The molecule has 4 aromatic heterocycles. The number of pyridine rings is 4. The smallest absolute Gasteiger partial charge is 0.0709 e. The monoisotopic (exact) mass is 690 g/mol. The molecule has 4 heterocycles. The fourth-order valence-electron chi connectivity index (χ4n) is 6.88. The van der Waals surface area contributed by atoms with Gasteiger partial charge in [-0.05, 0) is 58.7 Å². The first-order valence-electron chi connectivity index (χ1n) is 18.0. The molecule has 0 radical (unpaired) electrons. The van der Waals surface area contributed by atoms with Crippen LogP contribution in [0, 0.1) is 0 Å². The van der Waals surface area contributed by atoms with E-state index in [0.717, 1.165) is 89.5 Å². The lowest BCUT2D eigenvalue weighted by Crippen LogP contribution is -1.96. The molecule has 4 nitrogen and oxygen atoms in total. The van der Waals surface area contributed by atoms with Crippen molar-refractivity contribution in [2.24, 2.45) is 0 Å². The van der Waals surface area contributed by atoms with E-state index in [-0.39, 0.29) is 0 Å². The highest BCUT2D eigenvalue weighted by Gasteiger charge is 2.19. The van der Waals surface area contributed by atoms with Gasteiger partial charge in [-0.3, -0.25) is 19.9 Å². The SMILES string of the molecule is c1ccc(-c2ccc(-c3cc(-c4ccc(-c5ccccc5)nc4)c(-c4ccc(-c5ccccc5)nc4)cc3-c3ccc(-c4ccccc4)cn3)nc2)cc1. The fraction of sp³-hybridized carbons (Fsp3) is 0. The first-order chi connectivity index (χ1) is 26.8. The van der Waals surface area contributed by atoms with Crippen LogP contribution in [0.3, 0.4) is 0 Å². The van der Waals surface area contributed by atoms with Gasteiger partial charge in [0.1, 0.15) is 0 Å². The average molecular weight is 691 g/mol. The summed E-state index contributed by atoms with van der Waals surface area (Å²) in [6, 6.07) is 62.7. The molecule has 5 aromatic carbocycles. The van der Waals surface area contributed by atoms with E-state index in [4.69, 9.17) is 19.9 Å². The number of hydrogen-bond donors (Lipinski definition) is 0. The molecule has 0 aliphatic rings. The molecule has 54 heavy (non-hydrogen) atoms. The van der Waals surface area contributed by atoms with Crippen LogP contribution in [0.1, 0.15) is 0 Å². The van der Waals surface area contributed by atoms with Crippen molar-refractivity contribution in [3.8, 4) is 89.5 Å². The van der Waals surface area contributed by atoms with Crippen molar-refractivity contribution in [1.29, 1.82) is 0 Å². The molecule has 0 unspecified atom stereocenters. The standard InChI is InChI=1S/C50H34N4/c1-5-13-35(14-6-1)39-21-27-49(53-31-39)45-29-43(41-23-25-47(51-33-41)37-17-9-3-10-18-37)44(42-24-26-48(52-34-42)38-19-11-4-12-20-38)30-46(45)50-28-22-40(32-54-50)36-15-7-2-8-16-36/h1-34H. The van der Waals surface area contributed by atoms with Gasteiger partial charge in [-0.15, -0.1) is 0 Å². The molecule has 0 amide bonds. The van der Waals surface area contributed by atoms with Gasteiger partial charge in [0.2, 0.25) is 0 Å². The lowest BCUT2D eigenvalue weighted by atomic mass is 9.88. The molecule has 0 N–H and O–H groups in total. The second kappa shape index (κ2) is 14.7. The van der Waals surface area contributed by atoms with E-state index in [2.05, 4.69) is 133 Å². The maximum Gasteiger partial charge on any atom is 0.0709 e. The molecule has 9 aromatic rings. The summed E-state index contributed by atoms with van der Waals surface area (Å²) >= 11 is 0. The minimum absolute atomic E-state index is 0.859. The van der Waals surface area contributed by atoms with Crippen molar-refractivity contribution < 1.29 is 0 Å². The number of benzene rings is 5. The van der Waals surface area contributed by atoms with Gasteiger partial charge in [-0.2, -0.15) is 0 Å². The van der Waals surface area contributed by atoms with E-state index in [1.54, 1.807) is 0 Å². The fourth-order valence-corrected chi connectivity index (χ4v) is 6.88. The average Bonchev–Trinajstić information content (AvgIpc) is 3.27. The Hall–Kier alpha value is -7.30. The first-order valence-corrected chi connectivity index (χ1v) is 18.0. The predicted molar refractivity (Wildman–Crippen MR) is 221 cm³/mol. The van der Waals surface area contributed by atoms with Crippen LogP contribution in [-0.2, 0) is 0 Å². The second-order valence-electron chi connectivity index (χ2n) is 13.1. The lowest BCUT2D eigenvalue weighted by Gasteiger charge is -2.18. The largest absolute Gasteiger partial charge is 0.256 e. The molecule has 0 saturated carbocycles. The molecule has 0 saturated heterocycles. The number of aromatic nitrogens is 4. The molecule has 0 bridgehead atoms. The van der Waals surface area contributed by atoms with Gasteiger partial charge in [0.05, 0.1) is 22.8 Å². The number of hydrogen-bond acceptors (Lipinski definition) is 4. The van der Waals surface area contributed by atoms with Crippen molar-refractivity contribution in [2.75, 3.05) is 0 Å². The molecule has 0 spiro atoms. The van der Waals surface area contributed by atoms with Crippen molar-refractivity contribution in [2.45, 2.75) is 0 Å². The topological polar surface area (TPSA) is 51.6 Å². The van der Waals surface area contributed by atoms with Gasteiger partial charge in [0, 0.05) is 69.3 Å². The van der Waals surface area contributed by atoms with Crippen LogP contribution in [0.2, 0.25) is 0 Å². The van der Waals surface area contributed by atoms with Crippen molar-refractivity contribution in [3.63, 3.8) is 0 Å². The molecule has 0 atom stereocenters. The summed E-state index contributed by atoms with van der Waals surface area (Å²) in [5.41, 5.74) is 16.1. The maximum atomic E-state index is 5.06. The summed E-state index contributed by atoms with van der Waals surface area (Å²) in [6.45, 7) is 0. The number of nitrogens with zero attached hydrogens (tertiary/aromatic N) is 4. The van der Waals surface area contributed by atoms with Crippen molar-refractivity contribution in [1.82, 2.24) is 19.9 Å². The van der Waals surface area contributed by atoms with Crippen LogP contribution < -0.4 is 0 Å². The van der Waals surface area contributed by atoms with Crippen LogP contribution >= 0.6 is 0 Å². The van der Waals surface area contributed by atoms with E-state index >= 15 is 0 Å². The van der Waals surface area contributed by atoms with Crippen LogP contribution in [0.25, 0.3) is 89.5 Å². The Morgan fingerprint density at radius 1 is 0.204 bits per heavy atom. The summed E-state index contributed by atoms with van der Waals surface area (Å²) in [7, 11) is 0. The van der Waals surface area contributed by atoms with Crippen LogP contribution in [-0.4, -0.2) is 19.9 Å². The summed E-state index contributed by atoms with van der Waals surface area (Å²) in [4.78, 5) is 20.0. The lowest BCUT2D eigenvalue weighted by molar-refractivity contribution is 1.29. The van der Waals surface area contributed by atoms with Crippen LogP contribution in [0.5, 0.6) is 0 Å². The Kier molecular flexibility index (Phi) is 8.90. The Morgan fingerprint density at radius 2 is 0.500 bits per heavy atom. The molecular formula is C50H34N4. The van der Waals surface area contributed by atoms with Crippen molar-refractivity contribution >= 4 is 0 Å². The third-order valence-corrected chi connectivity index (χ3v) is 9.74. The molecule has 4 heteroatoms. The minimum atomic E-state index is 0.859. The Morgan fingerprint density at radius 3 is 0.815 bits per heavy atom. The maximum absolute atomic E-state index is 5.06. The third kappa shape index (κ3) is 6.72. The summed E-state index contributed by atoms with van der Waals surface area (Å²) < 4.78 is 0. The zero-order valence-corrected chi connectivity index (χ0v) is 29.4. The van der Waals surface area contributed by atoms with Crippen LogP contribution in [0.4, 0.5) is 0 Å². The van der Waals surface area contributed by atoms with E-state index in [1.165, 1.54) is 0 Å². The third-order valence-electron chi connectivity index (χ3n) is 9.74. The second-order valence-corrected chi connectivity index (χ2v) is 13.1. The predicted octanol–water partition coefficient (Wildman–Crippen LogP) is 12.6. The Labute approximate surface area is 315 Å². The Balaban J connectivity index is 1.23. The zero-order valence-electron chi connectivity index (χ0n) is 29.4.